The number of esters is 8. The van der Waals surface area contributed by atoms with Crippen LogP contribution in [-0.4, -0.2) is 96.6 Å². The summed E-state index contributed by atoms with van der Waals surface area (Å²) in [5.74, 6) is 0.611. The Morgan fingerprint density at radius 2 is 0.727 bits per heavy atom. The van der Waals surface area contributed by atoms with Gasteiger partial charge in [0.1, 0.15) is 22.4 Å². The van der Waals surface area contributed by atoms with Gasteiger partial charge in [-0.1, -0.05) is 88.0 Å². The van der Waals surface area contributed by atoms with E-state index in [2.05, 4.69) is 20.8 Å². The van der Waals surface area contributed by atoms with Gasteiger partial charge in [-0.2, -0.15) is 0 Å². The lowest BCUT2D eigenvalue weighted by Gasteiger charge is -2.60. The third kappa shape index (κ3) is 22.6. The number of carbonyl (C=O) groups is 8. The van der Waals surface area contributed by atoms with E-state index >= 15 is 0 Å². The quantitative estimate of drug-likeness (QED) is 0.0405. The largest absolute Gasteiger partial charge is 0.465 e. The van der Waals surface area contributed by atoms with E-state index in [4.69, 9.17) is 37.9 Å². The molecule has 16 heteroatoms. The molecule has 0 aromatic carbocycles. The Kier molecular flexibility index (Phi) is 31.5. The lowest BCUT2D eigenvalue weighted by atomic mass is 9.49. The van der Waals surface area contributed by atoms with Gasteiger partial charge in [0.15, 0.2) is 19.8 Å². The van der Waals surface area contributed by atoms with Crippen LogP contribution >= 0.6 is 0 Å². The minimum absolute atomic E-state index is 0.153. The summed E-state index contributed by atoms with van der Waals surface area (Å²) < 4.78 is 43.8. The molecule has 7 saturated carbocycles. The molecule has 0 amide bonds. The first kappa shape index (κ1) is 78.0. The zero-order chi connectivity index (χ0) is 66.2. The zero-order valence-corrected chi connectivity index (χ0v) is 58.5. The van der Waals surface area contributed by atoms with Crippen molar-refractivity contribution in [2.75, 3.05) is 26.4 Å². The number of carbonyl (C=O) groups excluding carboxylic acids is 8. The standard InChI is InChI=1S/C21H38O4.C20H32O4.C16H28O4.C15H26O4/c1-6-20(4,5)19(23)24-16-12-15-18(22)25-21(7-2,8-3)17-13-10-9-11-14-17;1-5-19(3,4)18(22)23-12-17(21)24-20(6-2)15-8-13-7-14(10-15)11-16(20)9-13;1-5-15(3,4)14(18)19-12-13(17)20-16(6-2)10-8-7-9-11-16;1-5-14(3,4)13(17)18-11-12(16)19-15(6-2)9-7-8-10-15/h17H,6-16H2,1-5H3;13-16H,5-12H2,1-4H3;5-12H2,1-4H3;5-11H2,1-4H3. The molecule has 508 valence electrons. The summed E-state index contributed by atoms with van der Waals surface area (Å²) in [5, 5.41) is 0. The monoisotopic (exact) mass is 1240 g/mol. The Balaban J connectivity index is 0.000000309. The zero-order valence-electron chi connectivity index (χ0n) is 58.5. The van der Waals surface area contributed by atoms with Crippen molar-refractivity contribution in [2.24, 2.45) is 51.2 Å². The maximum atomic E-state index is 12.4. The summed E-state index contributed by atoms with van der Waals surface area (Å²) in [7, 11) is 0. The number of hydrogen-bond acceptors (Lipinski definition) is 16. The smallest absolute Gasteiger partial charge is 0.344 e. The molecule has 0 heterocycles. The summed E-state index contributed by atoms with van der Waals surface area (Å²) in [4.78, 5) is 96.0. The van der Waals surface area contributed by atoms with Crippen LogP contribution in [0.3, 0.4) is 0 Å². The summed E-state index contributed by atoms with van der Waals surface area (Å²) in [6.45, 7) is 32.4. The molecule has 0 aromatic rings. The van der Waals surface area contributed by atoms with Gasteiger partial charge < -0.3 is 37.9 Å². The molecular weight excluding hydrogens is 1120 g/mol. The van der Waals surface area contributed by atoms with E-state index in [9.17, 15) is 38.4 Å². The van der Waals surface area contributed by atoms with E-state index < -0.39 is 33.6 Å². The van der Waals surface area contributed by atoms with Crippen LogP contribution in [0.2, 0.25) is 0 Å². The average molecular weight is 1250 g/mol. The van der Waals surface area contributed by atoms with Crippen LogP contribution in [0.15, 0.2) is 0 Å². The second-order valence-electron chi connectivity index (χ2n) is 29.4. The molecule has 0 atom stereocenters. The fourth-order valence-electron chi connectivity index (χ4n) is 13.9. The predicted molar refractivity (Wildman–Crippen MR) is 341 cm³/mol. The molecule has 7 rings (SSSR count). The Bertz CT molecular complexity index is 2170. The van der Waals surface area contributed by atoms with Crippen LogP contribution in [0.4, 0.5) is 0 Å². The van der Waals surface area contributed by atoms with Crippen LogP contribution in [0.25, 0.3) is 0 Å². The summed E-state index contributed by atoms with van der Waals surface area (Å²) in [6.07, 6.45) is 29.5. The molecular formula is C72H124O16. The summed E-state index contributed by atoms with van der Waals surface area (Å²) in [5.41, 5.74) is -3.36. The molecule has 88 heavy (non-hydrogen) atoms. The molecule has 0 unspecified atom stereocenters. The van der Waals surface area contributed by atoms with Gasteiger partial charge in [0, 0.05) is 6.42 Å². The average Bonchev–Trinajstić information content (AvgIpc) is 1.09. The van der Waals surface area contributed by atoms with Crippen molar-refractivity contribution in [2.45, 2.75) is 333 Å². The first-order chi connectivity index (χ1) is 41.3. The lowest BCUT2D eigenvalue weighted by molar-refractivity contribution is -0.214. The van der Waals surface area contributed by atoms with Gasteiger partial charge in [-0.3, -0.25) is 24.0 Å². The highest BCUT2D eigenvalue weighted by Crippen LogP contribution is 2.60. The Hall–Kier alpha value is -4.24. The number of hydrogen-bond donors (Lipinski definition) is 0. The van der Waals surface area contributed by atoms with E-state index in [1.807, 2.05) is 96.9 Å². The molecule has 16 nitrogen and oxygen atoms in total. The van der Waals surface area contributed by atoms with Gasteiger partial charge in [-0.25, -0.2) is 14.4 Å². The molecule has 4 bridgehead atoms. The third-order valence-electron chi connectivity index (χ3n) is 21.9. The molecule has 7 fully saturated rings. The van der Waals surface area contributed by atoms with E-state index in [0.29, 0.717) is 49.9 Å². The van der Waals surface area contributed by atoms with Crippen molar-refractivity contribution >= 4 is 47.8 Å². The van der Waals surface area contributed by atoms with Gasteiger partial charge in [0.25, 0.3) is 0 Å². The highest BCUT2D eigenvalue weighted by Gasteiger charge is 2.59. The van der Waals surface area contributed by atoms with Crippen molar-refractivity contribution in [3.05, 3.63) is 0 Å². The predicted octanol–water partition coefficient (Wildman–Crippen LogP) is 16.4. The molecule has 0 saturated heterocycles. The maximum Gasteiger partial charge on any atom is 0.344 e. The van der Waals surface area contributed by atoms with Crippen LogP contribution in [0.5, 0.6) is 0 Å². The normalized spacial score (nSPS) is 23.0. The molecule has 0 spiro atoms. The van der Waals surface area contributed by atoms with Crippen LogP contribution in [0.1, 0.15) is 310 Å². The lowest BCUT2D eigenvalue weighted by Crippen LogP contribution is -2.59. The summed E-state index contributed by atoms with van der Waals surface area (Å²) in [6, 6.07) is 0. The number of rotatable bonds is 28. The van der Waals surface area contributed by atoms with Gasteiger partial charge >= 0.3 is 47.8 Å². The maximum absolute atomic E-state index is 12.4. The fraction of sp³-hybridized carbons (Fsp3) is 0.889. The number of ether oxygens (including phenoxy) is 8. The van der Waals surface area contributed by atoms with Crippen molar-refractivity contribution in [3.8, 4) is 0 Å². The first-order valence-corrected chi connectivity index (χ1v) is 34.9. The molecule has 0 N–H and O–H groups in total. The minimum Gasteiger partial charge on any atom is -0.465 e. The van der Waals surface area contributed by atoms with Crippen molar-refractivity contribution in [3.63, 3.8) is 0 Å². The molecule has 0 radical (unpaired) electrons. The highest BCUT2D eigenvalue weighted by molar-refractivity contribution is 5.81. The fourth-order valence-corrected chi connectivity index (χ4v) is 13.9. The Labute approximate surface area is 532 Å². The third-order valence-corrected chi connectivity index (χ3v) is 21.9. The van der Waals surface area contributed by atoms with E-state index in [1.165, 1.54) is 70.6 Å². The SMILES string of the molecule is CCC(C)(C)C(=O)OCC(=O)OC1(CC)C2CC3CC(C2)CC1C3.CCC(C)(C)C(=O)OCCCC(=O)OC(CC)(CC)C1CCCCC1.CCC1(OC(=O)COC(=O)C(C)(C)CC)CCCC1.CCC1(OC(=O)COC(=O)C(C)(C)CC)CCCCC1. The van der Waals surface area contributed by atoms with Gasteiger partial charge in [0.2, 0.25) is 0 Å². The Morgan fingerprint density at radius 1 is 0.386 bits per heavy atom. The van der Waals surface area contributed by atoms with Gasteiger partial charge in [-0.15, -0.1) is 0 Å². The first-order valence-electron chi connectivity index (χ1n) is 34.9. The van der Waals surface area contributed by atoms with Crippen molar-refractivity contribution in [1.29, 1.82) is 0 Å². The summed E-state index contributed by atoms with van der Waals surface area (Å²) >= 11 is 0. The molecule has 0 aromatic heterocycles. The van der Waals surface area contributed by atoms with Gasteiger partial charge in [-0.05, 0) is 245 Å². The second kappa shape index (κ2) is 35.5. The van der Waals surface area contributed by atoms with Crippen LogP contribution in [-0.2, 0) is 76.3 Å². The van der Waals surface area contributed by atoms with E-state index in [1.54, 1.807) is 0 Å². The van der Waals surface area contributed by atoms with Crippen LogP contribution in [0, 0.1) is 51.2 Å². The Morgan fingerprint density at radius 3 is 1.07 bits per heavy atom. The van der Waals surface area contributed by atoms with E-state index in [0.717, 1.165) is 102 Å². The second-order valence-corrected chi connectivity index (χ2v) is 29.4. The minimum atomic E-state index is -0.550. The molecule has 7 aliphatic rings. The molecule has 0 aliphatic heterocycles. The highest BCUT2D eigenvalue weighted by atomic mass is 16.6. The topological polar surface area (TPSA) is 210 Å². The van der Waals surface area contributed by atoms with E-state index in [-0.39, 0.29) is 84.6 Å². The van der Waals surface area contributed by atoms with Crippen LogP contribution < -0.4 is 0 Å². The van der Waals surface area contributed by atoms with Crippen molar-refractivity contribution in [1.82, 2.24) is 0 Å². The van der Waals surface area contributed by atoms with Gasteiger partial charge in [0.05, 0.1) is 28.3 Å². The van der Waals surface area contributed by atoms with Crippen molar-refractivity contribution < 1.29 is 76.3 Å². The molecule has 7 aliphatic carbocycles.